The van der Waals surface area contributed by atoms with Gasteiger partial charge in [-0.2, -0.15) is 0 Å². The Kier molecular flexibility index (Phi) is 7.58. The molecule has 28 heavy (non-hydrogen) atoms. The van der Waals surface area contributed by atoms with Gasteiger partial charge in [0.15, 0.2) is 6.61 Å². The van der Waals surface area contributed by atoms with Crippen LogP contribution in [0.5, 0.6) is 0 Å². The van der Waals surface area contributed by atoms with Crippen LogP contribution in [-0.2, 0) is 14.3 Å². The van der Waals surface area contributed by atoms with Gasteiger partial charge in [0, 0.05) is 16.3 Å². The average Bonchev–Trinajstić information content (AvgIpc) is 2.66. The first kappa shape index (κ1) is 21.4. The van der Waals surface area contributed by atoms with Crippen molar-refractivity contribution < 1.29 is 19.1 Å². The number of rotatable bonds is 7. The van der Waals surface area contributed by atoms with Gasteiger partial charge in [-0.15, -0.1) is 0 Å². The molecule has 0 heterocycles. The maximum atomic E-state index is 12.1. The number of hydrogen-bond acceptors (Lipinski definition) is 4. The summed E-state index contributed by atoms with van der Waals surface area (Å²) in [6, 6.07) is 12.8. The van der Waals surface area contributed by atoms with Gasteiger partial charge < -0.3 is 15.4 Å². The SMILES string of the molecule is CC(C)c1ccccc1NC(=O)COC(=O)[C@H](C)NC(=O)c1ccc(Cl)cc1. The van der Waals surface area contributed by atoms with Gasteiger partial charge in [0.1, 0.15) is 6.04 Å². The number of nitrogens with one attached hydrogen (secondary N) is 2. The molecule has 2 aromatic rings. The van der Waals surface area contributed by atoms with E-state index in [0.29, 0.717) is 16.3 Å². The van der Waals surface area contributed by atoms with Crippen LogP contribution in [0.1, 0.15) is 42.6 Å². The zero-order valence-corrected chi connectivity index (χ0v) is 16.7. The summed E-state index contributed by atoms with van der Waals surface area (Å²) in [5.41, 5.74) is 2.04. The van der Waals surface area contributed by atoms with E-state index < -0.39 is 30.4 Å². The Morgan fingerprint density at radius 2 is 1.64 bits per heavy atom. The number of amides is 2. The normalized spacial score (nSPS) is 11.6. The zero-order chi connectivity index (χ0) is 20.7. The molecular weight excluding hydrogens is 380 g/mol. The van der Waals surface area contributed by atoms with Crippen LogP contribution in [-0.4, -0.2) is 30.4 Å². The van der Waals surface area contributed by atoms with E-state index >= 15 is 0 Å². The van der Waals surface area contributed by atoms with Gasteiger partial charge in [-0.05, 0) is 48.7 Å². The molecule has 0 aliphatic heterocycles. The molecule has 148 valence electrons. The van der Waals surface area contributed by atoms with Crippen LogP contribution in [0.25, 0.3) is 0 Å². The van der Waals surface area contributed by atoms with Gasteiger partial charge in [-0.3, -0.25) is 9.59 Å². The number of carbonyl (C=O) groups is 3. The lowest BCUT2D eigenvalue weighted by atomic mass is 10.0. The van der Waals surface area contributed by atoms with Crippen molar-refractivity contribution in [2.75, 3.05) is 11.9 Å². The molecule has 2 amide bonds. The Morgan fingerprint density at radius 3 is 2.29 bits per heavy atom. The van der Waals surface area contributed by atoms with E-state index in [1.165, 1.54) is 6.92 Å². The fourth-order valence-electron chi connectivity index (χ4n) is 2.50. The van der Waals surface area contributed by atoms with Crippen LogP contribution in [0, 0.1) is 0 Å². The fraction of sp³-hybridized carbons (Fsp3) is 0.286. The zero-order valence-electron chi connectivity index (χ0n) is 16.0. The number of carbonyl (C=O) groups excluding carboxylic acids is 3. The second kappa shape index (κ2) is 9.90. The van der Waals surface area contributed by atoms with E-state index in [9.17, 15) is 14.4 Å². The van der Waals surface area contributed by atoms with Crippen LogP contribution in [0.4, 0.5) is 5.69 Å². The third kappa shape index (κ3) is 6.09. The first-order valence-electron chi connectivity index (χ1n) is 8.89. The van der Waals surface area contributed by atoms with Crippen molar-refractivity contribution in [3.63, 3.8) is 0 Å². The number of esters is 1. The predicted molar refractivity (Wildman–Crippen MR) is 108 cm³/mol. The molecule has 6 nitrogen and oxygen atoms in total. The van der Waals surface area contributed by atoms with Crippen LogP contribution < -0.4 is 10.6 Å². The van der Waals surface area contributed by atoms with Crippen molar-refractivity contribution in [1.82, 2.24) is 5.32 Å². The van der Waals surface area contributed by atoms with E-state index in [1.54, 1.807) is 30.3 Å². The number of ether oxygens (including phenoxy) is 1. The molecule has 7 heteroatoms. The van der Waals surface area contributed by atoms with E-state index in [2.05, 4.69) is 10.6 Å². The summed E-state index contributed by atoms with van der Waals surface area (Å²) < 4.78 is 5.01. The van der Waals surface area contributed by atoms with Crippen molar-refractivity contribution in [2.24, 2.45) is 0 Å². The maximum absolute atomic E-state index is 12.1. The highest BCUT2D eigenvalue weighted by molar-refractivity contribution is 6.30. The molecule has 0 radical (unpaired) electrons. The summed E-state index contributed by atoms with van der Waals surface area (Å²) in [4.78, 5) is 36.3. The quantitative estimate of drug-likeness (QED) is 0.690. The standard InChI is InChI=1S/C21H23ClN2O4/c1-13(2)17-6-4-5-7-18(17)24-19(25)12-28-21(27)14(3)23-20(26)15-8-10-16(22)11-9-15/h4-11,13-14H,12H2,1-3H3,(H,23,26)(H,24,25)/t14-/m0/s1. The van der Waals surface area contributed by atoms with Gasteiger partial charge >= 0.3 is 5.97 Å². The first-order valence-corrected chi connectivity index (χ1v) is 9.27. The summed E-state index contributed by atoms with van der Waals surface area (Å²) in [5, 5.41) is 5.78. The topological polar surface area (TPSA) is 84.5 Å². The Hall–Kier alpha value is -2.86. The summed E-state index contributed by atoms with van der Waals surface area (Å²) in [6.45, 7) is 5.10. The van der Waals surface area contributed by atoms with Crippen molar-refractivity contribution in [3.05, 3.63) is 64.7 Å². The molecule has 2 aromatic carbocycles. The van der Waals surface area contributed by atoms with Gasteiger partial charge in [-0.1, -0.05) is 43.6 Å². The van der Waals surface area contributed by atoms with E-state index in [4.69, 9.17) is 16.3 Å². The predicted octanol–water partition coefficient (Wildman–Crippen LogP) is 3.76. The largest absolute Gasteiger partial charge is 0.454 e. The smallest absolute Gasteiger partial charge is 0.328 e. The second-order valence-electron chi connectivity index (χ2n) is 6.60. The summed E-state index contributed by atoms with van der Waals surface area (Å²) in [6.07, 6.45) is 0. The summed E-state index contributed by atoms with van der Waals surface area (Å²) >= 11 is 5.78. The lowest BCUT2D eigenvalue weighted by Gasteiger charge is -2.15. The fourth-order valence-corrected chi connectivity index (χ4v) is 2.63. The van der Waals surface area contributed by atoms with Crippen molar-refractivity contribution in [2.45, 2.75) is 32.7 Å². The summed E-state index contributed by atoms with van der Waals surface area (Å²) in [5.74, 6) is -1.34. The van der Waals surface area contributed by atoms with E-state index in [1.807, 2.05) is 32.0 Å². The lowest BCUT2D eigenvalue weighted by molar-refractivity contribution is -0.148. The highest BCUT2D eigenvalue weighted by Crippen LogP contribution is 2.23. The van der Waals surface area contributed by atoms with Crippen molar-refractivity contribution in [1.29, 1.82) is 0 Å². The van der Waals surface area contributed by atoms with Gasteiger partial charge in [0.05, 0.1) is 0 Å². The maximum Gasteiger partial charge on any atom is 0.328 e. The lowest BCUT2D eigenvalue weighted by Crippen LogP contribution is -2.40. The van der Waals surface area contributed by atoms with Crippen LogP contribution >= 0.6 is 11.6 Å². The Morgan fingerprint density at radius 1 is 1.00 bits per heavy atom. The number of halogens is 1. The minimum atomic E-state index is -0.904. The Labute approximate surface area is 169 Å². The number of benzene rings is 2. The average molecular weight is 403 g/mol. The number of para-hydroxylation sites is 1. The molecule has 2 N–H and O–H groups in total. The monoisotopic (exact) mass is 402 g/mol. The minimum Gasteiger partial charge on any atom is -0.454 e. The van der Waals surface area contributed by atoms with Crippen molar-refractivity contribution in [3.8, 4) is 0 Å². The number of anilines is 1. The Balaban J connectivity index is 1.85. The van der Waals surface area contributed by atoms with Gasteiger partial charge in [0.2, 0.25) is 0 Å². The van der Waals surface area contributed by atoms with Gasteiger partial charge in [-0.25, -0.2) is 4.79 Å². The van der Waals surface area contributed by atoms with Gasteiger partial charge in [0.25, 0.3) is 11.8 Å². The molecule has 0 fully saturated rings. The molecule has 2 rings (SSSR count). The highest BCUT2D eigenvalue weighted by atomic mass is 35.5. The number of hydrogen-bond donors (Lipinski definition) is 2. The molecule has 0 unspecified atom stereocenters. The molecule has 0 aliphatic rings. The van der Waals surface area contributed by atoms with Crippen LogP contribution in [0.3, 0.4) is 0 Å². The molecule has 0 saturated heterocycles. The van der Waals surface area contributed by atoms with E-state index in [-0.39, 0.29) is 5.92 Å². The highest BCUT2D eigenvalue weighted by Gasteiger charge is 2.19. The molecule has 0 saturated carbocycles. The molecule has 0 spiro atoms. The third-order valence-electron chi connectivity index (χ3n) is 4.01. The van der Waals surface area contributed by atoms with Crippen LogP contribution in [0.2, 0.25) is 5.02 Å². The molecule has 0 aromatic heterocycles. The third-order valence-corrected chi connectivity index (χ3v) is 4.26. The molecule has 0 bridgehead atoms. The van der Waals surface area contributed by atoms with E-state index in [0.717, 1.165) is 5.56 Å². The molecule has 1 atom stereocenters. The molecule has 0 aliphatic carbocycles. The Bertz CT molecular complexity index is 850. The molecular formula is C21H23ClN2O4. The van der Waals surface area contributed by atoms with Crippen molar-refractivity contribution >= 4 is 35.1 Å². The first-order chi connectivity index (χ1) is 13.3. The van der Waals surface area contributed by atoms with Crippen LogP contribution in [0.15, 0.2) is 48.5 Å². The minimum absolute atomic E-state index is 0.238. The summed E-state index contributed by atoms with van der Waals surface area (Å²) in [7, 11) is 0. The second-order valence-corrected chi connectivity index (χ2v) is 7.04.